The van der Waals surface area contributed by atoms with Crippen LogP contribution in [-0.4, -0.2) is 26.6 Å². The molecule has 0 unspecified atom stereocenters. The first-order chi connectivity index (χ1) is 13.0. The van der Waals surface area contributed by atoms with Gasteiger partial charge in [0.05, 0.1) is 18.4 Å². The second-order valence-corrected chi connectivity index (χ2v) is 6.23. The lowest BCUT2D eigenvalue weighted by Crippen LogP contribution is -2.13. The average Bonchev–Trinajstić information content (AvgIpc) is 3.08. The number of hydrogen-bond acceptors (Lipinski definition) is 5. The molecule has 0 aliphatic rings. The summed E-state index contributed by atoms with van der Waals surface area (Å²) in [6, 6.07) is 10.7. The summed E-state index contributed by atoms with van der Waals surface area (Å²) >= 11 is 6.03. The summed E-state index contributed by atoms with van der Waals surface area (Å²) in [7, 11) is 0. The van der Waals surface area contributed by atoms with E-state index in [1.807, 2.05) is 12.1 Å². The third-order valence-corrected chi connectivity index (χ3v) is 4.09. The number of halogens is 1. The maximum atomic E-state index is 11.9. The molecule has 8 heteroatoms. The summed E-state index contributed by atoms with van der Waals surface area (Å²) in [5.41, 5.74) is 2.51. The number of amides is 1. The van der Waals surface area contributed by atoms with Crippen LogP contribution in [0.2, 0.25) is 5.02 Å². The minimum absolute atomic E-state index is 0.0739. The third kappa shape index (κ3) is 5.15. The number of carbonyl (C=O) groups is 2. The van der Waals surface area contributed by atoms with Gasteiger partial charge in [0.1, 0.15) is 12.3 Å². The Balaban J connectivity index is 1.56. The molecule has 138 valence electrons. The lowest BCUT2D eigenvalue weighted by Gasteiger charge is -2.06. The Morgan fingerprint density at radius 2 is 2.07 bits per heavy atom. The molecule has 3 rings (SSSR count). The maximum absolute atomic E-state index is 11.9. The Labute approximate surface area is 160 Å². The molecule has 2 heterocycles. The van der Waals surface area contributed by atoms with Gasteiger partial charge in [0.2, 0.25) is 0 Å². The summed E-state index contributed by atoms with van der Waals surface area (Å²) in [5, 5.41) is 7.35. The van der Waals surface area contributed by atoms with E-state index in [0.717, 1.165) is 11.1 Å². The molecule has 27 heavy (non-hydrogen) atoms. The predicted molar refractivity (Wildman–Crippen MR) is 101 cm³/mol. The van der Waals surface area contributed by atoms with Crippen LogP contribution >= 0.6 is 11.6 Å². The lowest BCUT2D eigenvalue weighted by atomic mass is 10.2. The van der Waals surface area contributed by atoms with Crippen LogP contribution in [0.15, 0.2) is 55.0 Å². The molecule has 1 N–H and O–H groups in total. The molecule has 0 radical (unpaired) electrons. The first-order valence-electron chi connectivity index (χ1n) is 8.17. The number of anilines is 1. The van der Waals surface area contributed by atoms with Gasteiger partial charge >= 0.3 is 6.09 Å². The maximum Gasteiger partial charge on any atom is 0.412 e. The molecule has 7 nitrogen and oxygen atoms in total. The fraction of sp³-hybridized carbons (Fsp3) is 0.158. The van der Waals surface area contributed by atoms with Crippen molar-refractivity contribution in [3.63, 3.8) is 0 Å². The highest BCUT2D eigenvalue weighted by atomic mass is 35.5. The number of rotatable bonds is 6. The van der Waals surface area contributed by atoms with Crippen LogP contribution in [-0.2, 0) is 17.9 Å². The van der Waals surface area contributed by atoms with Crippen molar-refractivity contribution in [2.45, 2.75) is 20.1 Å². The fourth-order valence-electron chi connectivity index (χ4n) is 2.38. The second kappa shape index (κ2) is 8.46. The molecule has 1 aromatic carbocycles. The molecule has 0 fully saturated rings. The van der Waals surface area contributed by atoms with Crippen molar-refractivity contribution in [1.82, 2.24) is 14.8 Å². The van der Waals surface area contributed by atoms with E-state index in [-0.39, 0.29) is 12.4 Å². The third-order valence-electron chi connectivity index (χ3n) is 3.73. The highest BCUT2D eigenvalue weighted by molar-refractivity contribution is 6.31. The average molecular weight is 385 g/mol. The topological polar surface area (TPSA) is 86.1 Å². The number of ketones is 1. The fourth-order valence-corrected chi connectivity index (χ4v) is 2.57. The van der Waals surface area contributed by atoms with Gasteiger partial charge in [-0.1, -0.05) is 29.8 Å². The summed E-state index contributed by atoms with van der Waals surface area (Å²) < 4.78 is 6.81. The van der Waals surface area contributed by atoms with Crippen molar-refractivity contribution in [2.75, 3.05) is 5.32 Å². The number of ether oxygens (including phenoxy) is 1. The molecule has 2 aromatic heterocycles. The van der Waals surface area contributed by atoms with Crippen LogP contribution in [0.3, 0.4) is 0 Å². The zero-order chi connectivity index (χ0) is 19.2. The van der Waals surface area contributed by atoms with Crippen molar-refractivity contribution >= 4 is 29.2 Å². The Hall–Kier alpha value is -3.19. The Bertz CT molecular complexity index is 971. The molecule has 0 saturated carbocycles. The van der Waals surface area contributed by atoms with Gasteiger partial charge in [0.25, 0.3) is 0 Å². The van der Waals surface area contributed by atoms with Crippen molar-refractivity contribution in [3.05, 3.63) is 76.8 Å². The summed E-state index contributed by atoms with van der Waals surface area (Å²) in [4.78, 5) is 27.3. The van der Waals surface area contributed by atoms with Crippen LogP contribution < -0.4 is 5.32 Å². The molecular formula is C19H17ClN4O3. The molecule has 0 bridgehead atoms. The van der Waals surface area contributed by atoms with Crippen molar-refractivity contribution in [2.24, 2.45) is 0 Å². The minimum atomic E-state index is -0.600. The van der Waals surface area contributed by atoms with Crippen molar-refractivity contribution < 1.29 is 14.3 Å². The van der Waals surface area contributed by atoms with E-state index < -0.39 is 6.09 Å². The molecule has 1 amide bonds. The van der Waals surface area contributed by atoms with Gasteiger partial charge in [-0.05, 0) is 23.8 Å². The smallest absolute Gasteiger partial charge is 0.412 e. The van der Waals surface area contributed by atoms with E-state index in [4.69, 9.17) is 16.3 Å². The van der Waals surface area contributed by atoms with Crippen LogP contribution in [0.4, 0.5) is 10.5 Å². The Morgan fingerprint density at radius 1 is 1.26 bits per heavy atom. The summed E-state index contributed by atoms with van der Waals surface area (Å²) in [5.74, 6) is -0.0964. The summed E-state index contributed by atoms with van der Waals surface area (Å²) in [6.07, 6.45) is 4.17. The number of hydrogen-bond donors (Lipinski definition) is 1. The van der Waals surface area contributed by atoms with Gasteiger partial charge in [0.15, 0.2) is 5.78 Å². The lowest BCUT2D eigenvalue weighted by molar-refractivity contribution is 0.101. The number of nitrogens with zero attached hydrogens (tertiary/aromatic N) is 3. The molecule has 0 spiro atoms. The number of carbonyl (C=O) groups excluding carboxylic acids is 2. The summed E-state index contributed by atoms with van der Waals surface area (Å²) in [6.45, 7) is 1.99. The van der Waals surface area contributed by atoms with E-state index in [9.17, 15) is 9.59 Å². The van der Waals surface area contributed by atoms with Crippen LogP contribution in [0, 0.1) is 0 Å². The van der Waals surface area contributed by atoms with E-state index in [0.29, 0.717) is 22.9 Å². The molecule has 0 aliphatic heterocycles. The number of benzene rings is 1. The second-order valence-electron chi connectivity index (χ2n) is 5.82. The van der Waals surface area contributed by atoms with E-state index in [1.165, 1.54) is 13.1 Å². The number of pyridine rings is 1. The number of Topliss-reactive ketones (excluding diaryl/α,β-unsaturated/α-hetero) is 1. The van der Waals surface area contributed by atoms with Crippen LogP contribution in [0.5, 0.6) is 0 Å². The first-order valence-corrected chi connectivity index (χ1v) is 8.54. The minimum Gasteiger partial charge on any atom is -0.444 e. The largest absolute Gasteiger partial charge is 0.444 e. The molecule has 0 saturated heterocycles. The highest BCUT2D eigenvalue weighted by Gasteiger charge is 2.08. The molecular weight excluding hydrogens is 368 g/mol. The molecule has 3 aromatic rings. The van der Waals surface area contributed by atoms with Crippen LogP contribution in [0.25, 0.3) is 0 Å². The zero-order valence-electron chi connectivity index (χ0n) is 14.6. The SMILES string of the molecule is CC(=O)c1cc(Cn2cc(NC(=O)OCc3ccccc3Cl)cn2)ccn1. The number of nitrogens with one attached hydrogen (secondary N) is 1. The Morgan fingerprint density at radius 3 is 2.85 bits per heavy atom. The van der Waals surface area contributed by atoms with Gasteiger partial charge in [0, 0.05) is 29.9 Å². The van der Waals surface area contributed by atoms with E-state index in [2.05, 4.69) is 15.4 Å². The highest BCUT2D eigenvalue weighted by Crippen LogP contribution is 2.16. The normalized spacial score (nSPS) is 10.4. The van der Waals surface area contributed by atoms with Crippen molar-refractivity contribution in [1.29, 1.82) is 0 Å². The van der Waals surface area contributed by atoms with Gasteiger partial charge in [-0.3, -0.25) is 19.8 Å². The Kier molecular flexibility index (Phi) is 5.83. The van der Waals surface area contributed by atoms with Gasteiger partial charge in [-0.2, -0.15) is 5.10 Å². The van der Waals surface area contributed by atoms with E-state index >= 15 is 0 Å². The first kappa shape index (κ1) is 18.6. The van der Waals surface area contributed by atoms with Crippen LogP contribution in [0.1, 0.15) is 28.5 Å². The van der Waals surface area contributed by atoms with Crippen molar-refractivity contribution in [3.8, 4) is 0 Å². The van der Waals surface area contributed by atoms with Gasteiger partial charge in [-0.25, -0.2) is 4.79 Å². The number of aromatic nitrogens is 3. The molecule has 0 atom stereocenters. The monoisotopic (exact) mass is 384 g/mol. The predicted octanol–water partition coefficient (Wildman–Crippen LogP) is 3.93. The van der Waals surface area contributed by atoms with E-state index in [1.54, 1.807) is 41.3 Å². The quantitative estimate of drug-likeness (QED) is 0.651. The van der Waals surface area contributed by atoms with Gasteiger partial charge in [-0.15, -0.1) is 0 Å². The molecule has 0 aliphatic carbocycles. The zero-order valence-corrected chi connectivity index (χ0v) is 15.3. The van der Waals surface area contributed by atoms with Gasteiger partial charge < -0.3 is 4.74 Å². The standard InChI is InChI=1S/C19H17ClN4O3/c1-13(25)18-8-14(6-7-21-18)10-24-11-16(9-22-24)23-19(26)27-12-15-4-2-3-5-17(15)20/h2-9,11H,10,12H2,1H3,(H,23,26).